The molecule has 86 valence electrons. The molecule has 4 heteroatoms. The lowest BCUT2D eigenvalue weighted by atomic mass is 10.3. The van der Waals surface area contributed by atoms with E-state index in [0.717, 1.165) is 6.42 Å². The van der Waals surface area contributed by atoms with Crippen molar-refractivity contribution < 1.29 is 19.7 Å². The molecule has 0 saturated heterocycles. The maximum atomic E-state index is 8.63. The van der Waals surface area contributed by atoms with Gasteiger partial charge in [-0.15, -0.1) is 0 Å². The summed E-state index contributed by atoms with van der Waals surface area (Å²) < 4.78 is 10.7. The number of ether oxygens (including phenoxy) is 2. The Morgan fingerprint density at radius 3 is 2.00 bits per heavy atom. The minimum Gasteiger partial charge on any atom is -0.396 e. The molecule has 4 nitrogen and oxygen atoms in total. The molecule has 0 radical (unpaired) electrons. The fourth-order valence-corrected chi connectivity index (χ4v) is 1.04. The van der Waals surface area contributed by atoms with Gasteiger partial charge in [-0.3, -0.25) is 0 Å². The molecule has 0 aromatic rings. The highest BCUT2D eigenvalue weighted by Gasteiger charge is 2.04. The van der Waals surface area contributed by atoms with Gasteiger partial charge >= 0.3 is 0 Å². The molecule has 0 rings (SSSR count). The molecule has 0 aromatic carbocycles. The standard InChI is InChI=1S/C10H22O4/c1-9(3-5-11)13-7-4-10(2)14-8-6-12/h9-12H,3-8H2,1-2H3. The number of aliphatic hydroxyl groups is 2. The summed E-state index contributed by atoms with van der Waals surface area (Å²) in [5.74, 6) is 0. The second kappa shape index (κ2) is 9.40. The Morgan fingerprint density at radius 2 is 1.43 bits per heavy atom. The van der Waals surface area contributed by atoms with Crippen LogP contribution in [0.5, 0.6) is 0 Å². The summed E-state index contributed by atoms with van der Waals surface area (Å²) in [6.45, 7) is 5.14. The van der Waals surface area contributed by atoms with Gasteiger partial charge in [-0.1, -0.05) is 0 Å². The molecule has 0 bridgehead atoms. The van der Waals surface area contributed by atoms with Crippen LogP contribution in [0.4, 0.5) is 0 Å². The van der Waals surface area contributed by atoms with Crippen molar-refractivity contribution in [1.82, 2.24) is 0 Å². The Morgan fingerprint density at radius 1 is 0.857 bits per heavy atom. The van der Waals surface area contributed by atoms with Crippen LogP contribution < -0.4 is 0 Å². The van der Waals surface area contributed by atoms with Gasteiger partial charge in [0.25, 0.3) is 0 Å². The molecule has 0 fully saturated rings. The second-order valence-corrected chi connectivity index (χ2v) is 3.39. The topological polar surface area (TPSA) is 58.9 Å². The van der Waals surface area contributed by atoms with Crippen molar-refractivity contribution in [1.29, 1.82) is 0 Å². The van der Waals surface area contributed by atoms with Crippen LogP contribution in [-0.4, -0.2) is 48.8 Å². The minimum absolute atomic E-state index is 0.0616. The van der Waals surface area contributed by atoms with Crippen LogP contribution in [0.3, 0.4) is 0 Å². The lowest BCUT2D eigenvalue weighted by Crippen LogP contribution is -2.17. The lowest BCUT2D eigenvalue weighted by Gasteiger charge is -2.15. The van der Waals surface area contributed by atoms with Crippen molar-refractivity contribution in [3.63, 3.8) is 0 Å². The van der Waals surface area contributed by atoms with Gasteiger partial charge in [0.15, 0.2) is 0 Å². The first-order valence-corrected chi connectivity index (χ1v) is 5.15. The molecular formula is C10H22O4. The molecule has 0 aliphatic heterocycles. The molecule has 0 aliphatic carbocycles. The van der Waals surface area contributed by atoms with E-state index in [1.807, 2.05) is 13.8 Å². The van der Waals surface area contributed by atoms with Crippen LogP contribution in [0.25, 0.3) is 0 Å². The van der Waals surface area contributed by atoms with Gasteiger partial charge < -0.3 is 19.7 Å². The minimum atomic E-state index is 0.0616. The lowest BCUT2D eigenvalue weighted by molar-refractivity contribution is -0.00477. The van der Waals surface area contributed by atoms with Gasteiger partial charge in [-0.2, -0.15) is 0 Å². The third kappa shape index (κ3) is 8.44. The first-order chi connectivity index (χ1) is 6.70. The van der Waals surface area contributed by atoms with Gasteiger partial charge in [-0.05, 0) is 26.7 Å². The van der Waals surface area contributed by atoms with E-state index in [-0.39, 0.29) is 25.4 Å². The zero-order valence-corrected chi connectivity index (χ0v) is 9.11. The van der Waals surface area contributed by atoms with E-state index in [1.165, 1.54) is 0 Å². The number of aliphatic hydroxyl groups excluding tert-OH is 2. The van der Waals surface area contributed by atoms with E-state index in [4.69, 9.17) is 19.7 Å². The van der Waals surface area contributed by atoms with Crippen LogP contribution in [0.15, 0.2) is 0 Å². The van der Waals surface area contributed by atoms with Crippen molar-refractivity contribution in [2.45, 2.75) is 38.9 Å². The Labute approximate surface area is 85.8 Å². The SMILES string of the molecule is CC(CCO)OCCC(C)OCCO. The predicted octanol–water partition coefficient (Wildman–Crippen LogP) is 0.561. The summed E-state index contributed by atoms with van der Waals surface area (Å²) in [6.07, 6.45) is 1.70. The molecule has 14 heavy (non-hydrogen) atoms. The summed E-state index contributed by atoms with van der Waals surface area (Å²) in [4.78, 5) is 0. The zero-order valence-electron chi connectivity index (χ0n) is 9.11. The summed E-state index contributed by atoms with van der Waals surface area (Å²) in [5, 5.41) is 17.1. The monoisotopic (exact) mass is 206 g/mol. The van der Waals surface area contributed by atoms with Crippen molar-refractivity contribution in [3.05, 3.63) is 0 Å². The van der Waals surface area contributed by atoms with Crippen molar-refractivity contribution in [3.8, 4) is 0 Å². The normalized spacial score (nSPS) is 15.4. The summed E-state index contributed by atoms with van der Waals surface area (Å²) in [6, 6.07) is 0. The molecule has 0 spiro atoms. The van der Waals surface area contributed by atoms with E-state index in [9.17, 15) is 0 Å². The Kier molecular flexibility index (Phi) is 9.29. The maximum Gasteiger partial charge on any atom is 0.0701 e. The molecule has 0 amide bonds. The average molecular weight is 206 g/mol. The molecule has 2 N–H and O–H groups in total. The quantitative estimate of drug-likeness (QED) is 0.579. The summed E-state index contributed by atoms with van der Waals surface area (Å²) in [5.41, 5.74) is 0. The van der Waals surface area contributed by atoms with Gasteiger partial charge in [0.05, 0.1) is 25.4 Å². The molecule has 2 atom stereocenters. The molecule has 2 unspecified atom stereocenters. The van der Waals surface area contributed by atoms with Crippen molar-refractivity contribution in [2.75, 3.05) is 26.4 Å². The number of hydrogen-bond acceptors (Lipinski definition) is 4. The highest BCUT2D eigenvalue weighted by molar-refractivity contribution is 4.52. The molecule has 0 aliphatic rings. The van der Waals surface area contributed by atoms with E-state index < -0.39 is 0 Å². The average Bonchev–Trinajstić information content (AvgIpc) is 2.15. The summed E-state index contributed by atoms with van der Waals surface area (Å²) in [7, 11) is 0. The van der Waals surface area contributed by atoms with Gasteiger partial charge in [-0.25, -0.2) is 0 Å². The fraction of sp³-hybridized carbons (Fsp3) is 1.00. The van der Waals surface area contributed by atoms with Crippen LogP contribution in [0.1, 0.15) is 26.7 Å². The number of hydrogen-bond donors (Lipinski definition) is 2. The Bertz CT molecular complexity index is 119. The van der Waals surface area contributed by atoms with E-state index in [2.05, 4.69) is 0 Å². The molecule has 0 heterocycles. The largest absolute Gasteiger partial charge is 0.396 e. The van der Waals surface area contributed by atoms with Crippen LogP contribution in [0, 0.1) is 0 Å². The van der Waals surface area contributed by atoms with Crippen molar-refractivity contribution in [2.24, 2.45) is 0 Å². The van der Waals surface area contributed by atoms with E-state index >= 15 is 0 Å². The summed E-state index contributed by atoms with van der Waals surface area (Å²) >= 11 is 0. The van der Waals surface area contributed by atoms with Gasteiger partial charge in [0, 0.05) is 13.2 Å². The third-order valence-electron chi connectivity index (χ3n) is 1.96. The molecular weight excluding hydrogens is 184 g/mol. The second-order valence-electron chi connectivity index (χ2n) is 3.39. The fourth-order valence-electron chi connectivity index (χ4n) is 1.04. The smallest absolute Gasteiger partial charge is 0.0701 e. The van der Waals surface area contributed by atoms with Gasteiger partial charge in [0.1, 0.15) is 0 Å². The first kappa shape index (κ1) is 13.8. The van der Waals surface area contributed by atoms with Gasteiger partial charge in [0.2, 0.25) is 0 Å². The Balaban J connectivity index is 3.25. The zero-order chi connectivity index (χ0) is 10.8. The highest BCUT2D eigenvalue weighted by Crippen LogP contribution is 2.01. The molecule has 0 aromatic heterocycles. The van der Waals surface area contributed by atoms with Crippen molar-refractivity contribution >= 4 is 0 Å². The predicted molar refractivity (Wildman–Crippen MR) is 54.2 cm³/mol. The molecule has 0 saturated carbocycles. The van der Waals surface area contributed by atoms with Crippen LogP contribution >= 0.6 is 0 Å². The maximum absolute atomic E-state index is 8.63. The van der Waals surface area contributed by atoms with Crippen LogP contribution in [0.2, 0.25) is 0 Å². The highest BCUT2D eigenvalue weighted by atomic mass is 16.5. The van der Waals surface area contributed by atoms with E-state index in [1.54, 1.807) is 0 Å². The number of rotatable bonds is 9. The first-order valence-electron chi connectivity index (χ1n) is 5.15. The van der Waals surface area contributed by atoms with Crippen LogP contribution in [-0.2, 0) is 9.47 Å². The third-order valence-corrected chi connectivity index (χ3v) is 1.96. The Hall–Kier alpha value is -0.160. The van der Waals surface area contributed by atoms with E-state index in [0.29, 0.717) is 19.6 Å².